The van der Waals surface area contributed by atoms with Crippen LogP contribution in [-0.4, -0.2) is 37.2 Å². The van der Waals surface area contributed by atoms with E-state index >= 15 is 0 Å². The molecule has 1 amide bonds. The highest BCUT2D eigenvalue weighted by molar-refractivity contribution is 5.81. The van der Waals surface area contributed by atoms with E-state index in [0.717, 1.165) is 12.2 Å². The van der Waals surface area contributed by atoms with E-state index < -0.39 is 5.97 Å². The molecule has 0 aromatic heterocycles. The topological polar surface area (TPSA) is 73.9 Å². The summed E-state index contributed by atoms with van der Waals surface area (Å²) in [7, 11) is 0. The van der Waals surface area contributed by atoms with Crippen molar-refractivity contribution in [1.29, 1.82) is 0 Å². The molecule has 0 atom stereocenters. The molecule has 0 unspecified atom stereocenters. The van der Waals surface area contributed by atoms with Crippen LogP contribution in [0, 0.1) is 5.41 Å². The molecule has 1 rings (SSSR count). The van der Waals surface area contributed by atoms with E-state index in [9.17, 15) is 9.59 Å². The van der Waals surface area contributed by atoms with Crippen molar-refractivity contribution >= 4 is 11.9 Å². The van der Waals surface area contributed by atoms with E-state index in [0.29, 0.717) is 12.4 Å². The molecule has 1 aromatic rings. The Labute approximate surface area is 156 Å². The second kappa shape index (κ2) is 9.46. The largest absolute Gasteiger partial charge is 0.494 e. The Bertz CT molecular complexity index is 587. The average Bonchev–Trinajstić information content (AvgIpc) is 2.49. The van der Waals surface area contributed by atoms with Crippen LogP contribution in [-0.2, 0) is 14.3 Å². The van der Waals surface area contributed by atoms with Gasteiger partial charge in [0.05, 0.1) is 6.61 Å². The molecule has 0 aliphatic carbocycles. The highest BCUT2D eigenvalue weighted by Gasteiger charge is 2.27. The lowest BCUT2D eigenvalue weighted by atomic mass is 9.82. The molecule has 1 aromatic carbocycles. The normalized spacial score (nSPS) is 11.6. The fraction of sp³-hybridized carbons (Fsp3) is 0.600. The van der Waals surface area contributed by atoms with Gasteiger partial charge in [0, 0.05) is 5.54 Å². The average molecular weight is 365 g/mol. The maximum atomic E-state index is 12.0. The maximum Gasteiger partial charge on any atom is 0.344 e. The fourth-order valence-electron chi connectivity index (χ4n) is 2.91. The summed E-state index contributed by atoms with van der Waals surface area (Å²) in [5, 5.41) is 2.89. The van der Waals surface area contributed by atoms with Gasteiger partial charge < -0.3 is 19.5 Å². The van der Waals surface area contributed by atoms with E-state index in [2.05, 4.69) is 26.1 Å². The summed E-state index contributed by atoms with van der Waals surface area (Å²) in [6, 6.07) is 6.93. The first-order valence-electron chi connectivity index (χ1n) is 8.83. The van der Waals surface area contributed by atoms with Crippen LogP contribution in [0.2, 0.25) is 0 Å². The van der Waals surface area contributed by atoms with Crippen LogP contribution in [0.3, 0.4) is 0 Å². The van der Waals surface area contributed by atoms with Gasteiger partial charge in [0.1, 0.15) is 11.5 Å². The van der Waals surface area contributed by atoms with Gasteiger partial charge in [-0.15, -0.1) is 0 Å². The lowest BCUT2D eigenvalue weighted by molar-refractivity contribution is -0.151. The van der Waals surface area contributed by atoms with Crippen molar-refractivity contribution < 1.29 is 23.8 Å². The zero-order valence-corrected chi connectivity index (χ0v) is 16.7. The second-order valence-electron chi connectivity index (χ2n) is 8.02. The van der Waals surface area contributed by atoms with Gasteiger partial charge in [-0.3, -0.25) is 4.79 Å². The number of hydrogen-bond donors (Lipinski definition) is 1. The summed E-state index contributed by atoms with van der Waals surface area (Å²) in [6.45, 7) is 12.1. The first kappa shape index (κ1) is 21.8. The highest BCUT2D eigenvalue weighted by atomic mass is 16.6. The molecule has 6 heteroatoms. The van der Waals surface area contributed by atoms with E-state index in [-0.39, 0.29) is 30.1 Å². The van der Waals surface area contributed by atoms with Gasteiger partial charge in [-0.25, -0.2) is 4.79 Å². The number of carbonyl (C=O) groups is 2. The van der Waals surface area contributed by atoms with Gasteiger partial charge >= 0.3 is 5.97 Å². The third kappa shape index (κ3) is 9.30. The minimum absolute atomic E-state index is 0.0824. The predicted octanol–water partition coefficient (Wildman–Crippen LogP) is 3.34. The van der Waals surface area contributed by atoms with Crippen LogP contribution >= 0.6 is 0 Å². The molecule has 0 saturated heterocycles. The Balaban J connectivity index is 2.34. The molecule has 146 valence electrons. The smallest absolute Gasteiger partial charge is 0.344 e. The summed E-state index contributed by atoms with van der Waals surface area (Å²) in [5.41, 5.74) is -0.292. The monoisotopic (exact) mass is 365 g/mol. The first-order chi connectivity index (χ1) is 12.0. The summed E-state index contributed by atoms with van der Waals surface area (Å²) in [4.78, 5) is 23.7. The van der Waals surface area contributed by atoms with Crippen molar-refractivity contribution in [1.82, 2.24) is 5.32 Å². The van der Waals surface area contributed by atoms with E-state index in [1.807, 2.05) is 20.8 Å². The number of ether oxygens (including phenoxy) is 3. The molecule has 6 nitrogen and oxygen atoms in total. The fourth-order valence-corrected chi connectivity index (χ4v) is 2.91. The zero-order valence-electron chi connectivity index (χ0n) is 16.7. The van der Waals surface area contributed by atoms with E-state index in [1.54, 1.807) is 24.3 Å². The molecule has 0 saturated carbocycles. The minimum Gasteiger partial charge on any atom is -0.494 e. The number of esters is 1. The van der Waals surface area contributed by atoms with Crippen molar-refractivity contribution in [3.8, 4) is 11.5 Å². The summed E-state index contributed by atoms with van der Waals surface area (Å²) in [6.07, 6.45) is 0.806. The quantitative estimate of drug-likeness (QED) is 0.680. The van der Waals surface area contributed by atoms with Crippen molar-refractivity contribution in [3.63, 3.8) is 0 Å². The van der Waals surface area contributed by atoms with Gasteiger partial charge in [-0.1, -0.05) is 20.8 Å². The molecule has 0 aliphatic heterocycles. The van der Waals surface area contributed by atoms with Gasteiger partial charge in [0.2, 0.25) is 0 Å². The Morgan fingerprint density at radius 3 is 1.96 bits per heavy atom. The van der Waals surface area contributed by atoms with Gasteiger partial charge in [-0.2, -0.15) is 0 Å². The third-order valence-corrected chi connectivity index (χ3v) is 3.31. The minimum atomic E-state index is -0.595. The second-order valence-corrected chi connectivity index (χ2v) is 8.02. The van der Waals surface area contributed by atoms with Gasteiger partial charge in [0.15, 0.2) is 13.2 Å². The number of amides is 1. The number of nitrogens with one attached hydrogen (secondary N) is 1. The molecule has 0 radical (unpaired) electrons. The Morgan fingerprint density at radius 1 is 0.923 bits per heavy atom. The molecule has 26 heavy (non-hydrogen) atoms. The molecule has 0 aliphatic rings. The lowest BCUT2D eigenvalue weighted by Gasteiger charge is -2.33. The summed E-state index contributed by atoms with van der Waals surface area (Å²) < 4.78 is 15.6. The lowest BCUT2D eigenvalue weighted by Crippen LogP contribution is -2.47. The standard InChI is InChI=1S/C20H31NO5/c1-7-24-15-8-10-16(11-9-15)25-13-18(23)26-12-17(22)21-20(5,6)14-19(2,3)4/h8-11H,7,12-14H2,1-6H3,(H,21,22). The van der Waals surface area contributed by atoms with Crippen LogP contribution in [0.1, 0.15) is 48.0 Å². The molecule has 0 heterocycles. The summed E-state index contributed by atoms with van der Waals surface area (Å²) >= 11 is 0. The zero-order chi connectivity index (χ0) is 19.8. The van der Waals surface area contributed by atoms with E-state index in [4.69, 9.17) is 14.2 Å². The maximum absolute atomic E-state index is 12.0. The third-order valence-electron chi connectivity index (χ3n) is 3.31. The van der Waals surface area contributed by atoms with E-state index in [1.165, 1.54) is 0 Å². The Morgan fingerprint density at radius 2 is 1.46 bits per heavy atom. The highest BCUT2D eigenvalue weighted by Crippen LogP contribution is 2.26. The number of benzene rings is 1. The van der Waals surface area contributed by atoms with Crippen molar-refractivity contribution in [2.75, 3.05) is 19.8 Å². The Hall–Kier alpha value is -2.24. The summed E-state index contributed by atoms with van der Waals surface area (Å²) in [5.74, 6) is 0.342. The number of hydrogen-bond acceptors (Lipinski definition) is 5. The number of rotatable bonds is 9. The molecule has 1 N–H and O–H groups in total. The molecular formula is C20H31NO5. The van der Waals surface area contributed by atoms with Crippen LogP contribution < -0.4 is 14.8 Å². The van der Waals surface area contributed by atoms with Crippen LogP contribution in [0.4, 0.5) is 0 Å². The first-order valence-corrected chi connectivity index (χ1v) is 8.83. The SMILES string of the molecule is CCOc1ccc(OCC(=O)OCC(=O)NC(C)(C)CC(C)(C)C)cc1. The molecule has 0 bridgehead atoms. The van der Waals surface area contributed by atoms with Crippen molar-refractivity contribution in [3.05, 3.63) is 24.3 Å². The van der Waals surface area contributed by atoms with Gasteiger partial charge in [-0.05, 0) is 56.9 Å². The van der Waals surface area contributed by atoms with Crippen molar-refractivity contribution in [2.24, 2.45) is 5.41 Å². The Kier molecular flexibility index (Phi) is 7.93. The molecular weight excluding hydrogens is 334 g/mol. The van der Waals surface area contributed by atoms with Crippen molar-refractivity contribution in [2.45, 2.75) is 53.5 Å². The van der Waals surface area contributed by atoms with Crippen LogP contribution in [0.5, 0.6) is 11.5 Å². The number of carbonyl (C=O) groups excluding carboxylic acids is 2. The predicted molar refractivity (Wildman–Crippen MR) is 100 cm³/mol. The van der Waals surface area contributed by atoms with Crippen LogP contribution in [0.25, 0.3) is 0 Å². The molecule has 0 spiro atoms. The molecule has 0 fully saturated rings. The van der Waals surface area contributed by atoms with Gasteiger partial charge in [0.25, 0.3) is 5.91 Å². The van der Waals surface area contributed by atoms with Crippen LogP contribution in [0.15, 0.2) is 24.3 Å².